The Morgan fingerprint density at radius 2 is 2.18 bits per heavy atom. The molecule has 0 aliphatic rings. The normalized spacial score (nSPS) is 11.8. The number of carbonyl (C=O) groups excluding carboxylic acids is 1. The maximum Gasteiger partial charge on any atom is 0.260 e. The van der Waals surface area contributed by atoms with E-state index >= 15 is 0 Å². The van der Waals surface area contributed by atoms with Crippen LogP contribution in [0.2, 0.25) is 5.02 Å². The molecule has 2 aromatic rings. The lowest BCUT2D eigenvalue weighted by Gasteiger charge is -2.25. The Hall–Kier alpha value is -2.07. The van der Waals surface area contributed by atoms with Gasteiger partial charge >= 0.3 is 0 Å². The van der Waals surface area contributed by atoms with Gasteiger partial charge in [0.05, 0.1) is 6.04 Å². The Kier molecular flexibility index (Phi) is 5.39. The third kappa shape index (κ3) is 3.98. The van der Waals surface area contributed by atoms with Crippen molar-refractivity contribution < 1.29 is 9.53 Å². The average molecular weight is 319 g/mol. The third-order valence-electron chi connectivity index (χ3n) is 3.63. The van der Waals surface area contributed by atoms with E-state index in [0.717, 1.165) is 11.1 Å². The topological polar surface area (TPSA) is 42.4 Å². The number of hydrogen-bond acceptors (Lipinski definition) is 3. The summed E-state index contributed by atoms with van der Waals surface area (Å²) >= 11 is 5.90. The maximum atomic E-state index is 12.3. The second-order valence-corrected chi connectivity index (χ2v) is 5.60. The minimum Gasteiger partial charge on any atom is -0.483 e. The van der Waals surface area contributed by atoms with Gasteiger partial charge in [-0.25, -0.2) is 0 Å². The molecule has 1 aromatic carbocycles. The van der Waals surface area contributed by atoms with E-state index < -0.39 is 0 Å². The number of aryl methyl sites for hydroxylation is 1. The molecule has 0 fully saturated rings. The van der Waals surface area contributed by atoms with Gasteiger partial charge in [-0.1, -0.05) is 17.7 Å². The zero-order chi connectivity index (χ0) is 16.1. The number of benzene rings is 1. The number of rotatable bonds is 5. The monoisotopic (exact) mass is 318 g/mol. The number of aromatic nitrogens is 1. The van der Waals surface area contributed by atoms with Gasteiger partial charge in [0.15, 0.2) is 6.61 Å². The first-order valence-electron chi connectivity index (χ1n) is 7.03. The lowest BCUT2D eigenvalue weighted by Crippen LogP contribution is -2.33. The number of hydrogen-bond donors (Lipinski definition) is 0. The summed E-state index contributed by atoms with van der Waals surface area (Å²) < 4.78 is 5.60. The summed E-state index contributed by atoms with van der Waals surface area (Å²) in [5.74, 6) is 0.575. The Bertz CT molecular complexity index is 646. The third-order valence-corrected chi connectivity index (χ3v) is 3.86. The van der Waals surface area contributed by atoms with Crippen molar-refractivity contribution in [1.29, 1.82) is 0 Å². The fourth-order valence-electron chi connectivity index (χ4n) is 2.08. The number of pyridine rings is 1. The predicted molar refractivity (Wildman–Crippen MR) is 87.1 cm³/mol. The van der Waals surface area contributed by atoms with Crippen molar-refractivity contribution in [3.8, 4) is 5.75 Å². The van der Waals surface area contributed by atoms with Crippen molar-refractivity contribution in [2.24, 2.45) is 0 Å². The fraction of sp³-hybridized carbons (Fsp3) is 0.294. The van der Waals surface area contributed by atoms with Crippen LogP contribution in [0, 0.1) is 6.92 Å². The van der Waals surface area contributed by atoms with Gasteiger partial charge in [-0.2, -0.15) is 0 Å². The van der Waals surface area contributed by atoms with Crippen molar-refractivity contribution in [2.45, 2.75) is 19.9 Å². The number of ether oxygens (including phenoxy) is 1. The Morgan fingerprint density at radius 3 is 2.82 bits per heavy atom. The van der Waals surface area contributed by atoms with Crippen LogP contribution in [0.1, 0.15) is 24.1 Å². The van der Waals surface area contributed by atoms with Crippen LogP contribution in [0.15, 0.2) is 42.7 Å². The van der Waals surface area contributed by atoms with E-state index in [-0.39, 0.29) is 18.6 Å². The van der Waals surface area contributed by atoms with Crippen LogP contribution in [0.25, 0.3) is 0 Å². The van der Waals surface area contributed by atoms with E-state index in [9.17, 15) is 4.79 Å². The molecule has 0 N–H and O–H groups in total. The van der Waals surface area contributed by atoms with E-state index in [0.29, 0.717) is 10.8 Å². The summed E-state index contributed by atoms with van der Waals surface area (Å²) in [5, 5.41) is 0.651. The number of carbonyl (C=O) groups is 1. The van der Waals surface area contributed by atoms with Gasteiger partial charge in [-0.05, 0) is 49.2 Å². The van der Waals surface area contributed by atoms with E-state index in [4.69, 9.17) is 16.3 Å². The highest BCUT2D eigenvalue weighted by atomic mass is 35.5. The summed E-state index contributed by atoms with van der Waals surface area (Å²) in [5.41, 5.74) is 1.89. The summed E-state index contributed by atoms with van der Waals surface area (Å²) in [6.45, 7) is 3.85. The Labute approximate surface area is 135 Å². The first kappa shape index (κ1) is 16.3. The summed E-state index contributed by atoms with van der Waals surface area (Å²) in [4.78, 5) is 18.0. The fourth-order valence-corrected chi connectivity index (χ4v) is 2.31. The maximum absolute atomic E-state index is 12.3. The smallest absolute Gasteiger partial charge is 0.260 e. The lowest BCUT2D eigenvalue weighted by molar-refractivity contribution is -0.134. The molecule has 0 aliphatic heterocycles. The Morgan fingerprint density at radius 1 is 1.41 bits per heavy atom. The molecule has 116 valence electrons. The van der Waals surface area contributed by atoms with Gasteiger partial charge in [-0.3, -0.25) is 9.78 Å². The highest BCUT2D eigenvalue weighted by molar-refractivity contribution is 6.30. The van der Waals surface area contributed by atoms with Gasteiger partial charge in [0.2, 0.25) is 0 Å². The molecular formula is C17H19ClN2O2. The van der Waals surface area contributed by atoms with E-state index in [1.165, 1.54) is 0 Å². The standard InChI is InChI=1S/C17H19ClN2O2/c1-12-9-15(18)6-7-16(12)22-11-17(21)20(3)13(2)14-5-4-8-19-10-14/h4-10,13H,11H2,1-3H3/t13-/m1/s1. The lowest BCUT2D eigenvalue weighted by atomic mass is 10.1. The summed E-state index contributed by atoms with van der Waals surface area (Å²) in [7, 11) is 1.76. The van der Waals surface area contributed by atoms with Gasteiger partial charge in [-0.15, -0.1) is 0 Å². The minimum absolute atomic E-state index is 0.0103. The largest absolute Gasteiger partial charge is 0.483 e. The molecule has 22 heavy (non-hydrogen) atoms. The average Bonchev–Trinajstić information content (AvgIpc) is 2.53. The van der Waals surface area contributed by atoms with Gasteiger partial charge < -0.3 is 9.64 Å². The molecule has 1 aromatic heterocycles. The van der Waals surface area contributed by atoms with Crippen molar-refractivity contribution in [1.82, 2.24) is 9.88 Å². The highest BCUT2D eigenvalue weighted by Gasteiger charge is 2.18. The van der Waals surface area contributed by atoms with Crippen LogP contribution >= 0.6 is 11.6 Å². The molecule has 0 aliphatic carbocycles. The SMILES string of the molecule is Cc1cc(Cl)ccc1OCC(=O)N(C)[C@H](C)c1cccnc1. The molecule has 4 nitrogen and oxygen atoms in total. The molecular weight excluding hydrogens is 300 g/mol. The number of likely N-dealkylation sites (N-methyl/N-ethyl adjacent to an activating group) is 1. The minimum atomic E-state index is -0.0919. The van der Waals surface area contributed by atoms with Crippen LogP contribution in [0.3, 0.4) is 0 Å². The molecule has 1 atom stereocenters. The van der Waals surface area contributed by atoms with E-state index in [1.54, 1.807) is 36.5 Å². The molecule has 0 bridgehead atoms. The number of nitrogens with zero attached hydrogens (tertiary/aromatic N) is 2. The van der Waals surface area contributed by atoms with Crippen molar-refractivity contribution in [3.05, 3.63) is 58.9 Å². The first-order valence-corrected chi connectivity index (χ1v) is 7.41. The van der Waals surface area contributed by atoms with Crippen molar-refractivity contribution >= 4 is 17.5 Å². The molecule has 2 rings (SSSR count). The van der Waals surface area contributed by atoms with E-state index in [1.807, 2.05) is 32.0 Å². The molecule has 5 heteroatoms. The highest BCUT2D eigenvalue weighted by Crippen LogP contribution is 2.22. The van der Waals surface area contributed by atoms with E-state index in [2.05, 4.69) is 4.98 Å². The van der Waals surface area contributed by atoms with Crippen LogP contribution in [-0.4, -0.2) is 29.4 Å². The quantitative estimate of drug-likeness (QED) is 0.845. The zero-order valence-electron chi connectivity index (χ0n) is 12.9. The van der Waals surface area contributed by atoms with Crippen LogP contribution in [-0.2, 0) is 4.79 Å². The summed E-state index contributed by atoms with van der Waals surface area (Å²) in [6, 6.07) is 9.08. The van der Waals surface area contributed by atoms with Crippen molar-refractivity contribution in [2.75, 3.05) is 13.7 Å². The van der Waals surface area contributed by atoms with Crippen LogP contribution in [0.5, 0.6) is 5.75 Å². The molecule has 0 saturated carbocycles. The molecule has 1 heterocycles. The molecule has 0 saturated heterocycles. The molecule has 0 spiro atoms. The molecule has 1 amide bonds. The van der Waals surface area contributed by atoms with Crippen molar-refractivity contribution in [3.63, 3.8) is 0 Å². The van der Waals surface area contributed by atoms with Gasteiger partial charge in [0.1, 0.15) is 5.75 Å². The number of halogens is 1. The Balaban J connectivity index is 1.97. The second-order valence-electron chi connectivity index (χ2n) is 5.17. The van der Waals surface area contributed by atoms with Crippen LogP contribution in [0.4, 0.5) is 0 Å². The van der Waals surface area contributed by atoms with Gasteiger partial charge in [0, 0.05) is 24.5 Å². The predicted octanol–water partition coefficient (Wildman–Crippen LogP) is 3.64. The second kappa shape index (κ2) is 7.27. The number of amides is 1. The summed E-state index contributed by atoms with van der Waals surface area (Å²) in [6.07, 6.45) is 3.48. The first-order chi connectivity index (χ1) is 10.5. The molecule has 0 unspecified atom stereocenters. The van der Waals surface area contributed by atoms with Crippen LogP contribution < -0.4 is 4.74 Å². The zero-order valence-corrected chi connectivity index (χ0v) is 13.7. The molecule has 0 radical (unpaired) electrons. The van der Waals surface area contributed by atoms with Gasteiger partial charge in [0.25, 0.3) is 5.91 Å².